The second-order valence-electron chi connectivity index (χ2n) is 9.18. The van der Waals surface area contributed by atoms with Crippen LogP contribution in [-0.2, 0) is 6.54 Å². The summed E-state index contributed by atoms with van der Waals surface area (Å²) in [5, 5.41) is 2.93. The third kappa shape index (κ3) is 3.98. The molecule has 172 valence electrons. The Morgan fingerprint density at radius 3 is 2.50 bits per heavy atom. The lowest BCUT2D eigenvalue weighted by Gasteiger charge is -2.31. The lowest BCUT2D eigenvalue weighted by molar-refractivity contribution is 0.194. The monoisotopic (exact) mass is 453 g/mol. The van der Waals surface area contributed by atoms with Crippen molar-refractivity contribution in [1.29, 1.82) is 0 Å². The molecule has 0 aliphatic carbocycles. The maximum absolute atomic E-state index is 14.2. The summed E-state index contributed by atoms with van der Waals surface area (Å²) in [5.41, 5.74) is 6.38. The second-order valence-corrected chi connectivity index (χ2v) is 9.18. The van der Waals surface area contributed by atoms with Crippen molar-refractivity contribution in [2.75, 3.05) is 5.32 Å². The van der Waals surface area contributed by atoms with E-state index in [2.05, 4.69) is 66.2 Å². The molecule has 0 fully saturated rings. The molecule has 34 heavy (non-hydrogen) atoms. The van der Waals surface area contributed by atoms with Crippen LogP contribution < -0.4 is 5.32 Å². The molecule has 1 N–H and O–H groups in total. The van der Waals surface area contributed by atoms with Crippen LogP contribution >= 0.6 is 0 Å². The quantitative estimate of drug-likeness (QED) is 0.350. The molecule has 1 aliphatic heterocycles. The van der Waals surface area contributed by atoms with Gasteiger partial charge >= 0.3 is 6.03 Å². The van der Waals surface area contributed by atoms with Crippen LogP contribution in [0, 0.1) is 12.7 Å². The number of aryl methyl sites for hydroxylation is 1. The minimum Gasteiger partial charge on any atom is -0.318 e. The van der Waals surface area contributed by atoms with Gasteiger partial charge < -0.3 is 14.8 Å². The Morgan fingerprint density at radius 2 is 1.76 bits per heavy atom. The van der Waals surface area contributed by atoms with E-state index in [-0.39, 0.29) is 17.9 Å². The van der Waals surface area contributed by atoms with Crippen LogP contribution in [0.15, 0.2) is 85.1 Å². The van der Waals surface area contributed by atoms with Gasteiger partial charge in [-0.25, -0.2) is 9.18 Å². The molecule has 1 unspecified atom stereocenters. The average molecular weight is 454 g/mol. The molecule has 2 amide bonds. The number of nitrogens with zero attached hydrogens (tertiary/aromatic N) is 2. The van der Waals surface area contributed by atoms with Gasteiger partial charge in [0.1, 0.15) is 5.82 Å². The fourth-order valence-electron chi connectivity index (χ4n) is 4.62. The molecule has 4 nitrogen and oxygen atoms in total. The van der Waals surface area contributed by atoms with Gasteiger partial charge in [-0.05, 0) is 65.4 Å². The number of amides is 2. The molecule has 0 radical (unpaired) electrons. The smallest absolute Gasteiger partial charge is 0.318 e. The molecular weight excluding hydrogens is 425 g/mol. The highest BCUT2D eigenvalue weighted by atomic mass is 19.1. The SMILES string of the molecule is Cc1ccc(NC(=O)N2Cc3ccccc3-n3cccc3C2c2ccc(C(C)C)cc2)cc1F. The zero-order valence-electron chi connectivity index (χ0n) is 19.6. The molecule has 2 heterocycles. The van der Waals surface area contributed by atoms with Gasteiger partial charge in [0, 0.05) is 17.6 Å². The van der Waals surface area contributed by atoms with Gasteiger partial charge in [-0.2, -0.15) is 0 Å². The molecule has 0 saturated carbocycles. The Labute approximate surface area is 199 Å². The van der Waals surface area contributed by atoms with Crippen molar-refractivity contribution in [3.63, 3.8) is 0 Å². The number of halogens is 1. The number of anilines is 1. The molecule has 5 rings (SSSR count). The lowest BCUT2D eigenvalue weighted by Crippen LogP contribution is -2.38. The maximum atomic E-state index is 14.2. The Morgan fingerprint density at radius 1 is 1.00 bits per heavy atom. The molecule has 1 aromatic heterocycles. The molecule has 0 saturated heterocycles. The van der Waals surface area contributed by atoms with Crippen molar-refractivity contribution in [1.82, 2.24) is 9.47 Å². The minimum absolute atomic E-state index is 0.273. The summed E-state index contributed by atoms with van der Waals surface area (Å²) in [4.78, 5) is 15.5. The van der Waals surface area contributed by atoms with Gasteiger partial charge in [-0.15, -0.1) is 0 Å². The largest absolute Gasteiger partial charge is 0.322 e. The molecule has 1 atom stereocenters. The minimum atomic E-state index is -0.339. The number of aromatic nitrogens is 1. The van der Waals surface area contributed by atoms with Crippen molar-refractivity contribution >= 4 is 11.7 Å². The van der Waals surface area contributed by atoms with Crippen molar-refractivity contribution in [2.45, 2.75) is 39.3 Å². The Bertz CT molecular complexity index is 1340. The number of benzene rings is 3. The van der Waals surface area contributed by atoms with E-state index in [0.29, 0.717) is 23.7 Å². The lowest BCUT2D eigenvalue weighted by atomic mass is 9.97. The maximum Gasteiger partial charge on any atom is 0.322 e. The van der Waals surface area contributed by atoms with Gasteiger partial charge in [0.2, 0.25) is 0 Å². The van der Waals surface area contributed by atoms with E-state index in [1.165, 1.54) is 11.6 Å². The molecular formula is C29H28FN3O. The van der Waals surface area contributed by atoms with Gasteiger partial charge in [0.05, 0.1) is 18.3 Å². The number of carbonyl (C=O) groups excluding carboxylic acids is 1. The predicted molar refractivity (Wildman–Crippen MR) is 134 cm³/mol. The highest BCUT2D eigenvalue weighted by Gasteiger charge is 2.33. The number of hydrogen-bond acceptors (Lipinski definition) is 1. The fraction of sp³-hybridized carbons (Fsp3) is 0.207. The first kappa shape index (κ1) is 22.0. The normalized spacial score (nSPS) is 15.0. The van der Waals surface area contributed by atoms with Crippen LogP contribution in [-0.4, -0.2) is 15.5 Å². The van der Waals surface area contributed by atoms with Crippen molar-refractivity contribution < 1.29 is 9.18 Å². The molecule has 4 aromatic rings. The molecule has 5 heteroatoms. The molecule has 0 spiro atoms. The average Bonchev–Trinajstić information content (AvgIpc) is 3.26. The number of hydrogen-bond donors (Lipinski definition) is 1. The van der Waals surface area contributed by atoms with E-state index < -0.39 is 0 Å². The highest BCUT2D eigenvalue weighted by Crippen LogP contribution is 2.37. The number of carbonyl (C=O) groups is 1. The zero-order chi connectivity index (χ0) is 23.8. The molecule has 1 aliphatic rings. The van der Waals surface area contributed by atoms with Crippen LogP contribution in [0.3, 0.4) is 0 Å². The van der Waals surface area contributed by atoms with E-state index in [1.54, 1.807) is 19.1 Å². The van der Waals surface area contributed by atoms with E-state index in [9.17, 15) is 9.18 Å². The predicted octanol–water partition coefficient (Wildman–Crippen LogP) is 7.19. The van der Waals surface area contributed by atoms with Crippen LogP contribution in [0.1, 0.15) is 53.8 Å². The fourth-order valence-corrected chi connectivity index (χ4v) is 4.62. The Hall–Kier alpha value is -3.86. The summed E-state index contributed by atoms with van der Waals surface area (Å²) in [6.45, 7) is 6.47. The first-order valence-electron chi connectivity index (χ1n) is 11.6. The number of urea groups is 1. The number of rotatable bonds is 3. The number of nitrogens with one attached hydrogen (secondary N) is 1. The van der Waals surface area contributed by atoms with Gasteiger partial charge in [-0.3, -0.25) is 0 Å². The third-order valence-electron chi connectivity index (χ3n) is 6.57. The summed E-state index contributed by atoms with van der Waals surface area (Å²) in [5.74, 6) is 0.0841. The first-order chi connectivity index (χ1) is 16.4. The summed E-state index contributed by atoms with van der Waals surface area (Å²) in [6, 6.07) is 24.9. The van der Waals surface area contributed by atoms with Gasteiger partial charge in [-0.1, -0.05) is 62.4 Å². The molecule has 0 bridgehead atoms. The standard InChI is InChI=1S/C29H28FN3O/c1-19(2)21-11-13-22(14-12-21)28-27-9-6-16-32(27)26-8-5-4-7-23(26)18-33(28)29(34)31-24-15-10-20(3)25(30)17-24/h4-17,19,28H,18H2,1-3H3,(H,31,34). The Kier molecular flexibility index (Phi) is 5.70. The van der Waals surface area contributed by atoms with Crippen LogP contribution in [0.2, 0.25) is 0 Å². The summed E-state index contributed by atoms with van der Waals surface area (Å²) in [7, 11) is 0. The Balaban J connectivity index is 1.60. The summed E-state index contributed by atoms with van der Waals surface area (Å²) < 4.78 is 16.3. The third-order valence-corrected chi connectivity index (χ3v) is 6.57. The topological polar surface area (TPSA) is 37.3 Å². The zero-order valence-corrected chi connectivity index (χ0v) is 19.6. The van der Waals surface area contributed by atoms with Crippen LogP contribution in [0.4, 0.5) is 14.9 Å². The summed E-state index contributed by atoms with van der Waals surface area (Å²) >= 11 is 0. The van der Waals surface area contributed by atoms with Crippen LogP contribution in [0.5, 0.6) is 0 Å². The van der Waals surface area contributed by atoms with E-state index in [0.717, 1.165) is 22.5 Å². The van der Waals surface area contributed by atoms with Gasteiger partial charge in [0.25, 0.3) is 0 Å². The number of para-hydroxylation sites is 1. The van der Waals surface area contributed by atoms with Gasteiger partial charge in [0.15, 0.2) is 0 Å². The van der Waals surface area contributed by atoms with Crippen LogP contribution in [0.25, 0.3) is 5.69 Å². The number of fused-ring (bicyclic) bond motifs is 3. The van der Waals surface area contributed by atoms with E-state index in [4.69, 9.17) is 0 Å². The van der Waals surface area contributed by atoms with Crippen molar-refractivity contribution in [3.05, 3.63) is 119 Å². The van der Waals surface area contributed by atoms with E-state index >= 15 is 0 Å². The van der Waals surface area contributed by atoms with Crippen molar-refractivity contribution in [3.8, 4) is 5.69 Å². The second kappa shape index (κ2) is 8.82. The molecule has 3 aromatic carbocycles. The highest BCUT2D eigenvalue weighted by molar-refractivity contribution is 5.90. The summed E-state index contributed by atoms with van der Waals surface area (Å²) in [6.07, 6.45) is 2.04. The van der Waals surface area contributed by atoms with E-state index in [1.807, 2.05) is 29.3 Å². The first-order valence-corrected chi connectivity index (χ1v) is 11.6. The van der Waals surface area contributed by atoms with Crippen molar-refractivity contribution in [2.24, 2.45) is 0 Å².